The van der Waals surface area contributed by atoms with Gasteiger partial charge < -0.3 is 9.84 Å². The number of carbonyl (C=O) groups excluding carboxylic acids is 1. The standard InChI is InChI=1S/C15H15NO4S/c1-9-13(7-20-8-14(18)19)21-15(16-9)12-5-3-11(4-6-12)10(2)17/h3-6H,7-8H2,1-2H3,(H,18,19). The summed E-state index contributed by atoms with van der Waals surface area (Å²) in [4.78, 5) is 27.0. The van der Waals surface area contributed by atoms with Crippen LogP contribution in [0.25, 0.3) is 10.6 Å². The Balaban J connectivity index is 2.13. The van der Waals surface area contributed by atoms with Crippen molar-refractivity contribution in [2.45, 2.75) is 20.5 Å². The molecule has 110 valence electrons. The van der Waals surface area contributed by atoms with Crippen molar-refractivity contribution in [3.8, 4) is 10.6 Å². The van der Waals surface area contributed by atoms with Crippen LogP contribution in [-0.4, -0.2) is 28.4 Å². The monoisotopic (exact) mass is 305 g/mol. The number of benzene rings is 1. The minimum Gasteiger partial charge on any atom is -0.480 e. The van der Waals surface area contributed by atoms with Crippen molar-refractivity contribution in [3.05, 3.63) is 40.4 Å². The van der Waals surface area contributed by atoms with Crippen molar-refractivity contribution < 1.29 is 19.4 Å². The predicted molar refractivity (Wildman–Crippen MR) is 79.6 cm³/mol. The number of aliphatic carboxylic acids is 1. The maximum Gasteiger partial charge on any atom is 0.329 e. The minimum atomic E-state index is -0.989. The fourth-order valence-electron chi connectivity index (χ4n) is 1.76. The number of carboxylic acid groups (broad SMARTS) is 1. The van der Waals surface area contributed by atoms with Gasteiger partial charge in [-0.15, -0.1) is 11.3 Å². The Kier molecular flexibility index (Phi) is 4.82. The highest BCUT2D eigenvalue weighted by Gasteiger charge is 2.10. The topological polar surface area (TPSA) is 76.5 Å². The van der Waals surface area contributed by atoms with Crippen molar-refractivity contribution in [1.82, 2.24) is 4.98 Å². The first kappa shape index (κ1) is 15.3. The molecule has 0 saturated heterocycles. The molecule has 0 spiro atoms. The van der Waals surface area contributed by atoms with Crippen molar-refractivity contribution in [1.29, 1.82) is 0 Å². The van der Waals surface area contributed by atoms with E-state index in [9.17, 15) is 9.59 Å². The molecule has 2 rings (SSSR count). The summed E-state index contributed by atoms with van der Waals surface area (Å²) < 4.78 is 5.09. The third-order valence-corrected chi connectivity index (χ3v) is 4.07. The molecule has 5 nitrogen and oxygen atoms in total. The molecule has 1 N–H and O–H groups in total. The summed E-state index contributed by atoms with van der Waals surface area (Å²) in [7, 11) is 0. The Morgan fingerprint density at radius 2 is 1.95 bits per heavy atom. The summed E-state index contributed by atoms with van der Waals surface area (Å²) in [6.45, 7) is 3.31. The van der Waals surface area contributed by atoms with E-state index in [0.29, 0.717) is 5.56 Å². The Bertz CT molecular complexity index is 661. The SMILES string of the molecule is CC(=O)c1ccc(-c2nc(C)c(COCC(=O)O)s2)cc1. The first-order chi connectivity index (χ1) is 9.97. The fraction of sp³-hybridized carbons (Fsp3) is 0.267. The Morgan fingerprint density at radius 1 is 1.29 bits per heavy atom. The third-order valence-electron chi connectivity index (χ3n) is 2.89. The van der Waals surface area contributed by atoms with Crippen LogP contribution in [0.15, 0.2) is 24.3 Å². The molecular formula is C15H15NO4S. The van der Waals surface area contributed by atoms with E-state index in [-0.39, 0.29) is 19.0 Å². The lowest BCUT2D eigenvalue weighted by atomic mass is 10.1. The maximum absolute atomic E-state index is 11.2. The van der Waals surface area contributed by atoms with Gasteiger partial charge in [-0.1, -0.05) is 24.3 Å². The zero-order valence-corrected chi connectivity index (χ0v) is 12.6. The van der Waals surface area contributed by atoms with Gasteiger partial charge in [-0.05, 0) is 13.8 Å². The first-order valence-corrected chi connectivity index (χ1v) is 7.16. The van der Waals surface area contributed by atoms with Crippen LogP contribution in [0.1, 0.15) is 27.9 Å². The van der Waals surface area contributed by atoms with Gasteiger partial charge in [0.2, 0.25) is 0 Å². The number of thiazole rings is 1. The number of hydrogen-bond donors (Lipinski definition) is 1. The first-order valence-electron chi connectivity index (χ1n) is 6.34. The Hall–Kier alpha value is -2.05. The summed E-state index contributed by atoms with van der Waals surface area (Å²) in [5.74, 6) is -0.961. The van der Waals surface area contributed by atoms with Gasteiger partial charge in [-0.2, -0.15) is 0 Å². The van der Waals surface area contributed by atoms with Gasteiger partial charge in [-0.3, -0.25) is 4.79 Å². The van der Waals surface area contributed by atoms with E-state index in [1.807, 2.05) is 19.1 Å². The van der Waals surface area contributed by atoms with Gasteiger partial charge in [0.05, 0.1) is 17.2 Å². The van der Waals surface area contributed by atoms with Crippen molar-refractivity contribution >= 4 is 23.1 Å². The number of ether oxygens (including phenoxy) is 1. The molecule has 0 amide bonds. The van der Waals surface area contributed by atoms with E-state index in [0.717, 1.165) is 21.1 Å². The average molecular weight is 305 g/mol. The molecule has 0 aliphatic heterocycles. The second kappa shape index (κ2) is 6.60. The maximum atomic E-state index is 11.2. The van der Waals surface area contributed by atoms with Gasteiger partial charge in [0, 0.05) is 11.1 Å². The number of aryl methyl sites for hydroxylation is 1. The Labute approximate surface area is 126 Å². The molecule has 0 unspecified atom stereocenters. The smallest absolute Gasteiger partial charge is 0.329 e. The van der Waals surface area contributed by atoms with Crippen molar-refractivity contribution in [2.24, 2.45) is 0 Å². The lowest BCUT2D eigenvalue weighted by Gasteiger charge is -1.99. The van der Waals surface area contributed by atoms with Gasteiger partial charge in [0.1, 0.15) is 11.6 Å². The van der Waals surface area contributed by atoms with E-state index >= 15 is 0 Å². The van der Waals surface area contributed by atoms with Crippen LogP contribution in [0.2, 0.25) is 0 Å². The molecule has 6 heteroatoms. The third kappa shape index (κ3) is 3.96. The van der Waals surface area contributed by atoms with Crippen LogP contribution in [-0.2, 0) is 16.1 Å². The largest absolute Gasteiger partial charge is 0.480 e. The summed E-state index contributed by atoms with van der Waals surface area (Å²) >= 11 is 1.46. The molecule has 1 aromatic carbocycles. The van der Waals surface area contributed by atoms with Gasteiger partial charge in [-0.25, -0.2) is 9.78 Å². The average Bonchev–Trinajstić information content (AvgIpc) is 2.80. The molecular weight excluding hydrogens is 290 g/mol. The van der Waals surface area contributed by atoms with Crippen LogP contribution < -0.4 is 0 Å². The number of ketones is 1. The molecule has 1 aromatic heterocycles. The second-order valence-corrected chi connectivity index (χ2v) is 5.63. The Morgan fingerprint density at radius 3 is 2.52 bits per heavy atom. The molecule has 0 aliphatic rings. The number of Topliss-reactive ketones (excluding diaryl/α,β-unsaturated/α-hetero) is 1. The molecule has 2 aromatic rings. The molecule has 0 bridgehead atoms. The predicted octanol–water partition coefficient (Wildman–Crippen LogP) is 2.92. The van der Waals surface area contributed by atoms with Crippen LogP contribution in [0.3, 0.4) is 0 Å². The van der Waals surface area contributed by atoms with Gasteiger partial charge in [0.25, 0.3) is 0 Å². The van der Waals surface area contributed by atoms with Gasteiger partial charge >= 0.3 is 5.97 Å². The quantitative estimate of drug-likeness (QED) is 0.830. The van der Waals surface area contributed by atoms with E-state index in [4.69, 9.17) is 9.84 Å². The summed E-state index contributed by atoms with van der Waals surface area (Å²) in [6.07, 6.45) is 0. The summed E-state index contributed by atoms with van der Waals surface area (Å²) in [5.41, 5.74) is 2.42. The van der Waals surface area contributed by atoms with E-state index in [1.165, 1.54) is 18.3 Å². The summed E-state index contributed by atoms with van der Waals surface area (Å²) in [5, 5.41) is 9.38. The van der Waals surface area contributed by atoms with Gasteiger partial charge in [0.15, 0.2) is 5.78 Å². The summed E-state index contributed by atoms with van der Waals surface area (Å²) in [6, 6.07) is 7.26. The zero-order valence-electron chi connectivity index (χ0n) is 11.8. The van der Waals surface area contributed by atoms with Crippen LogP contribution in [0, 0.1) is 6.92 Å². The van der Waals surface area contributed by atoms with E-state index in [1.54, 1.807) is 12.1 Å². The molecule has 0 fully saturated rings. The molecule has 0 saturated carbocycles. The van der Waals surface area contributed by atoms with Crippen LogP contribution in [0.5, 0.6) is 0 Å². The minimum absolute atomic E-state index is 0.0274. The molecule has 1 heterocycles. The highest BCUT2D eigenvalue weighted by molar-refractivity contribution is 7.15. The van der Waals surface area contributed by atoms with E-state index in [2.05, 4.69) is 4.98 Å². The molecule has 0 aliphatic carbocycles. The number of rotatable bonds is 6. The highest BCUT2D eigenvalue weighted by atomic mass is 32.1. The molecule has 21 heavy (non-hydrogen) atoms. The lowest BCUT2D eigenvalue weighted by molar-refractivity contribution is -0.142. The number of carbonyl (C=O) groups is 2. The van der Waals surface area contributed by atoms with Crippen LogP contribution in [0.4, 0.5) is 0 Å². The number of carboxylic acids is 1. The normalized spacial score (nSPS) is 10.6. The fourth-order valence-corrected chi connectivity index (χ4v) is 2.77. The van der Waals surface area contributed by atoms with Crippen molar-refractivity contribution in [3.63, 3.8) is 0 Å². The molecule has 0 radical (unpaired) electrons. The number of aromatic nitrogens is 1. The lowest BCUT2D eigenvalue weighted by Crippen LogP contribution is -2.06. The van der Waals surface area contributed by atoms with Crippen LogP contribution >= 0.6 is 11.3 Å². The van der Waals surface area contributed by atoms with E-state index < -0.39 is 5.97 Å². The zero-order chi connectivity index (χ0) is 15.4. The second-order valence-electron chi connectivity index (χ2n) is 4.55. The van der Waals surface area contributed by atoms with Crippen molar-refractivity contribution in [2.75, 3.05) is 6.61 Å². The number of hydrogen-bond acceptors (Lipinski definition) is 5. The molecule has 0 atom stereocenters. The number of nitrogens with zero attached hydrogens (tertiary/aromatic N) is 1. The highest BCUT2D eigenvalue weighted by Crippen LogP contribution is 2.28.